The molecular weight excluding hydrogens is 284 g/mol. The van der Waals surface area contributed by atoms with Gasteiger partial charge in [-0.1, -0.05) is 0 Å². The molecule has 0 aliphatic rings. The highest BCUT2D eigenvalue weighted by Gasteiger charge is 2.17. The molecule has 3 nitrogen and oxygen atoms in total. The van der Waals surface area contributed by atoms with Gasteiger partial charge in [0.2, 0.25) is 0 Å². The second kappa shape index (κ2) is 5.89. The van der Waals surface area contributed by atoms with Gasteiger partial charge in [-0.3, -0.25) is 9.78 Å². The van der Waals surface area contributed by atoms with Gasteiger partial charge in [0.15, 0.2) is 0 Å². The molecule has 1 rings (SSSR count). The Kier molecular flexibility index (Phi) is 4.79. The van der Waals surface area contributed by atoms with Gasteiger partial charge < -0.3 is 4.74 Å². The van der Waals surface area contributed by atoms with Crippen LogP contribution in [0.3, 0.4) is 0 Å². The molecule has 6 heteroatoms. The predicted molar refractivity (Wildman–Crippen MR) is 57.2 cm³/mol. The van der Waals surface area contributed by atoms with Crippen LogP contribution < -0.4 is 0 Å². The summed E-state index contributed by atoms with van der Waals surface area (Å²) in [6, 6.07) is 1.26. The Morgan fingerprint density at radius 3 is 2.88 bits per heavy atom. The van der Waals surface area contributed by atoms with E-state index in [9.17, 15) is 13.6 Å². The maximum atomic E-state index is 12.6. The number of hydrogen-bond donors (Lipinski definition) is 0. The lowest BCUT2D eigenvalue weighted by atomic mass is 10.1. The second-order valence-corrected chi connectivity index (χ2v) is 3.89. The van der Waals surface area contributed by atoms with E-state index in [1.807, 2.05) is 0 Å². The Hall–Kier alpha value is -1.04. The molecule has 88 valence electrons. The zero-order chi connectivity index (χ0) is 12.1. The van der Waals surface area contributed by atoms with Crippen molar-refractivity contribution < 1.29 is 18.3 Å². The van der Waals surface area contributed by atoms with Crippen molar-refractivity contribution in [3.8, 4) is 0 Å². The minimum atomic E-state index is -2.66. The topological polar surface area (TPSA) is 39.2 Å². The molecule has 0 saturated carbocycles. The summed E-state index contributed by atoms with van der Waals surface area (Å²) in [5, 5.41) is 0. The summed E-state index contributed by atoms with van der Waals surface area (Å²) in [6.07, 6.45) is -1.52. The first-order valence-electron chi connectivity index (χ1n) is 4.62. The summed E-state index contributed by atoms with van der Waals surface area (Å²) in [5.74, 6) is -0.556. The van der Waals surface area contributed by atoms with Gasteiger partial charge in [0.25, 0.3) is 6.43 Å². The molecule has 1 heterocycles. The molecule has 0 radical (unpaired) electrons. The number of alkyl halides is 2. The largest absolute Gasteiger partial charge is 0.466 e. The molecule has 0 aliphatic carbocycles. The van der Waals surface area contributed by atoms with Gasteiger partial charge in [0, 0.05) is 16.2 Å². The van der Waals surface area contributed by atoms with E-state index >= 15 is 0 Å². The zero-order valence-electron chi connectivity index (χ0n) is 8.54. The SMILES string of the molecule is CCOC(=O)Cc1ncc(Br)cc1C(F)F. The van der Waals surface area contributed by atoms with Gasteiger partial charge in [-0.2, -0.15) is 0 Å². The Morgan fingerprint density at radius 2 is 2.31 bits per heavy atom. The Morgan fingerprint density at radius 1 is 1.62 bits per heavy atom. The third kappa shape index (κ3) is 3.52. The fourth-order valence-corrected chi connectivity index (χ4v) is 1.52. The van der Waals surface area contributed by atoms with E-state index < -0.39 is 12.4 Å². The fourth-order valence-electron chi connectivity index (χ4n) is 1.17. The summed E-state index contributed by atoms with van der Waals surface area (Å²) >= 11 is 3.05. The molecule has 0 fully saturated rings. The Bertz CT molecular complexity index is 385. The number of carbonyl (C=O) groups excluding carboxylic acids is 1. The molecule has 0 bridgehead atoms. The van der Waals surface area contributed by atoms with Crippen LogP contribution in [-0.4, -0.2) is 17.6 Å². The number of esters is 1. The van der Waals surface area contributed by atoms with Crippen molar-refractivity contribution >= 4 is 21.9 Å². The van der Waals surface area contributed by atoms with Crippen LogP contribution in [0.5, 0.6) is 0 Å². The smallest absolute Gasteiger partial charge is 0.311 e. The molecule has 0 aromatic carbocycles. The molecule has 0 atom stereocenters. The third-order valence-electron chi connectivity index (χ3n) is 1.82. The van der Waals surface area contributed by atoms with Crippen LogP contribution in [0.4, 0.5) is 8.78 Å². The quantitative estimate of drug-likeness (QED) is 0.802. The summed E-state index contributed by atoms with van der Waals surface area (Å²) in [4.78, 5) is 14.9. The fraction of sp³-hybridized carbons (Fsp3) is 0.400. The van der Waals surface area contributed by atoms with Crippen LogP contribution >= 0.6 is 15.9 Å². The third-order valence-corrected chi connectivity index (χ3v) is 2.26. The zero-order valence-corrected chi connectivity index (χ0v) is 10.1. The van der Waals surface area contributed by atoms with Crippen LogP contribution in [0.2, 0.25) is 0 Å². The van der Waals surface area contributed by atoms with Crippen LogP contribution in [0.25, 0.3) is 0 Å². The molecule has 0 saturated heterocycles. The maximum Gasteiger partial charge on any atom is 0.311 e. The van der Waals surface area contributed by atoms with E-state index in [2.05, 4.69) is 25.7 Å². The van der Waals surface area contributed by atoms with Gasteiger partial charge in [-0.25, -0.2) is 8.78 Å². The van der Waals surface area contributed by atoms with Gasteiger partial charge in [-0.15, -0.1) is 0 Å². The van der Waals surface area contributed by atoms with Crippen LogP contribution in [-0.2, 0) is 16.0 Å². The van der Waals surface area contributed by atoms with Crippen molar-refractivity contribution in [3.05, 3.63) is 28.0 Å². The van der Waals surface area contributed by atoms with E-state index in [1.54, 1.807) is 6.92 Å². The number of aromatic nitrogens is 1. The van der Waals surface area contributed by atoms with Crippen molar-refractivity contribution in [1.29, 1.82) is 0 Å². The predicted octanol–water partition coefficient (Wildman–Crippen LogP) is 2.89. The van der Waals surface area contributed by atoms with Crippen molar-refractivity contribution in [3.63, 3.8) is 0 Å². The van der Waals surface area contributed by atoms with E-state index in [0.717, 1.165) is 0 Å². The Labute approximate surface area is 99.9 Å². The van der Waals surface area contributed by atoms with Crippen molar-refractivity contribution in [2.24, 2.45) is 0 Å². The highest BCUT2D eigenvalue weighted by Crippen LogP contribution is 2.25. The number of rotatable bonds is 4. The lowest BCUT2D eigenvalue weighted by Gasteiger charge is -2.07. The summed E-state index contributed by atoms with van der Waals surface area (Å²) < 4.78 is 30.4. The lowest BCUT2D eigenvalue weighted by Crippen LogP contribution is -2.11. The monoisotopic (exact) mass is 293 g/mol. The lowest BCUT2D eigenvalue weighted by molar-refractivity contribution is -0.142. The number of pyridine rings is 1. The van der Waals surface area contributed by atoms with Gasteiger partial charge in [0.05, 0.1) is 18.7 Å². The number of hydrogen-bond acceptors (Lipinski definition) is 3. The maximum absolute atomic E-state index is 12.6. The molecule has 0 unspecified atom stereocenters. The molecule has 0 amide bonds. The van der Waals surface area contributed by atoms with Gasteiger partial charge in [-0.05, 0) is 28.9 Å². The number of nitrogens with zero attached hydrogens (tertiary/aromatic N) is 1. The van der Waals surface area contributed by atoms with E-state index in [-0.39, 0.29) is 24.3 Å². The normalized spacial score (nSPS) is 10.6. The first kappa shape index (κ1) is 13.0. The van der Waals surface area contributed by atoms with Gasteiger partial charge in [0.1, 0.15) is 0 Å². The summed E-state index contributed by atoms with van der Waals surface area (Å²) in [6.45, 7) is 1.88. The number of ether oxygens (including phenoxy) is 1. The summed E-state index contributed by atoms with van der Waals surface area (Å²) in [5.41, 5.74) is -0.195. The molecular formula is C10H10BrF2NO2. The molecule has 1 aromatic heterocycles. The number of carbonyl (C=O) groups is 1. The highest BCUT2D eigenvalue weighted by atomic mass is 79.9. The first-order valence-corrected chi connectivity index (χ1v) is 5.42. The van der Waals surface area contributed by atoms with Crippen molar-refractivity contribution in [1.82, 2.24) is 4.98 Å². The van der Waals surface area contributed by atoms with Crippen LogP contribution in [0.15, 0.2) is 16.7 Å². The van der Waals surface area contributed by atoms with Crippen LogP contribution in [0, 0.1) is 0 Å². The van der Waals surface area contributed by atoms with Gasteiger partial charge >= 0.3 is 5.97 Å². The minimum absolute atomic E-state index is 0.0525. The van der Waals surface area contributed by atoms with Crippen molar-refractivity contribution in [2.45, 2.75) is 19.8 Å². The second-order valence-electron chi connectivity index (χ2n) is 2.97. The van der Waals surface area contributed by atoms with E-state index in [4.69, 9.17) is 0 Å². The van der Waals surface area contributed by atoms with E-state index in [0.29, 0.717) is 4.47 Å². The highest BCUT2D eigenvalue weighted by molar-refractivity contribution is 9.10. The standard InChI is InChI=1S/C10H10BrF2NO2/c1-2-16-9(15)4-8-7(10(12)13)3-6(11)5-14-8/h3,5,10H,2,4H2,1H3. The average Bonchev–Trinajstić information content (AvgIpc) is 2.20. The molecule has 0 spiro atoms. The molecule has 0 aliphatic heterocycles. The van der Waals surface area contributed by atoms with E-state index in [1.165, 1.54) is 12.3 Å². The average molecular weight is 294 g/mol. The van der Waals surface area contributed by atoms with Crippen LogP contribution in [0.1, 0.15) is 24.6 Å². The Balaban J connectivity index is 2.90. The molecule has 0 N–H and O–H groups in total. The first-order chi connectivity index (χ1) is 7.54. The number of halogens is 3. The summed E-state index contributed by atoms with van der Waals surface area (Å²) in [7, 11) is 0. The van der Waals surface area contributed by atoms with Crippen molar-refractivity contribution in [2.75, 3.05) is 6.61 Å². The molecule has 1 aromatic rings. The minimum Gasteiger partial charge on any atom is -0.466 e. The molecule has 16 heavy (non-hydrogen) atoms.